The van der Waals surface area contributed by atoms with Crippen LogP contribution in [0.4, 0.5) is 0 Å². The summed E-state index contributed by atoms with van der Waals surface area (Å²) in [5.74, 6) is 1.03. The summed E-state index contributed by atoms with van der Waals surface area (Å²) < 4.78 is 6.41. The summed E-state index contributed by atoms with van der Waals surface area (Å²) in [4.78, 5) is 12.9. The van der Waals surface area contributed by atoms with E-state index < -0.39 is 0 Å². The van der Waals surface area contributed by atoms with E-state index in [9.17, 15) is 10.1 Å². The average molecular weight is 439 g/mol. The first-order chi connectivity index (χ1) is 14.4. The van der Waals surface area contributed by atoms with Gasteiger partial charge in [-0.25, -0.2) is 0 Å². The number of hydrogen-bond acceptors (Lipinski definition) is 3. The van der Waals surface area contributed by atoms with Crippen LogP contribution in [0.1, 0.15) is 74.5 Å². The number of nitriles is 1. The number of carbonyl (C=O) groups excluding carboxylic acids is 1. The Balaban J connectivity index is 1.77. The molecule has 31 heavy (non-hydrogen) atoms. The minimum Gasteiger partial charge on any atom is -0.489 e. The van der Waals surface area contributed by atoms with Gasteiger partial charge in [0.05, 0.1) is 10.6 Å². The highest BCUT2D eigenvalue weighted by Crippen LogP contribution is 2.56. The second kappa shape index (κ2) is 8.20. The molecule has 0 radical (unpaired) electrons. The van der Waals surface area contributed by atoms with Gasteiger partial charge in [0.15, 0.2) is 0 Å². The van der Waals surface area contributed by atoms with Crippen molar-refractivity contribution >= 4 is 17.5 Å². The van der Waals surface area contributed by atoms with Gasteiger partial charge in [-0.15, -0.1) is 0 Å². The van der Waals surface area contributed by atoms with E-state index in [1.165, 1.54) is 5.56 Å². The number of halogens is 1. The number of carbonyl (C=O) groups is 1. The fraction of sp³-hybridized carbons (Fsp3) is 0.462. The number of amides is 1. The van der Waals surface area contributed by atoms with Crippen molar-refractivity contribution in [2.45, 2.75) is 66.5 Å². The fourth-order valence-electron chi connectivity index (χ4n) is 5.04. The fourth-order valence-corrected chi connectivity index (χ4v) is 5.24. The van der Waals surface area contributed by atoms with Crippen LogP contribution < -0.4 is 10.1 Å². The van der Waals surface area contributed by atoms with Crippen molar-refractivity contribution in [1.29, 1.82) is 5.26 Å². The van der Waals surface area contributed by atoms with Gasteiger partial charge in [-0.2, -0.15) is 5.26 Å². The topological polar surface area (TPSA) is 62.1 Å². The lowest BCUT2D eigenvalue weighted by molar-refractivity contribution is -0.164. The molecule has 1 N–H and O–H groups in total. The third-order valence-corrected chi connectivity index (χ3v) is 7.14. The van der Waals surface area contributed by atoms with E-state index in [0.717, 1.165) is 5.56 Å². The van der Waals surface area contributed by atoms with E-state index in [1.54, 1.807) is 12.1 Å². The molecule has 5 heteroatoms. The molecule has 0 saturated heterocycles. The highest BCUT2D eigenvalue weighted by atomic mass is 35.5. The first-order valence-corrected chi connectivity index (χ1v) is 11.1. The summed E-state index contributed by atoms with van der Waals surface area (Å²) in [6.45, 7) is 14.6. The minimum absolute atomic E-state index is 0.0589. The molecule has 1 fully saturated rings. The van der Waals surface area contributed by atoms with Gasteiger partial charge in [-0.3, -0.25) is 4.79 Å². The van der Waals surface area contributed by atoms with Crippen molar-refractivity contribution in [2.24, 2.45) is 10.8 Å². The molecule has 164 valence electrons. The lowest BCUT2D eigenvalue weighted by atomic mass is 9.49. The number of benzene rings is 2. The second-order valence-electron chi connectivity index (χ2n) is 9.99. The van der Waals surface area contributed by atoms with Crippen molar-refractivity contribution in [3.8, 4) is 11.8 Å². The summed E-state index contributed by atoms with van der Waals surface area (Å²) >= 11 is 6.32. The molecular formula is C26H31ClN2O2. The van der Waals surface area contributed by atoms with Gasteiger partial charge in [0.2, 0.25) is 0 Å². The summed E-state index contributed by atoms with van der Waals surface area (Å²) in [6, 6.07) is 13.3. The van der Waals surface area contributed by atoms with Crippen LogP contribution in [0, 0.1) is 29.1 Å². The van der Waals surface area contributed by atoms with Gasteiger partial charge in [0, 0.05) is 28.0 Å². The maximum absolute atomic E-state index is 12.9. The zero-order chi connectivity index (χ0) is 23.1. The van der Waals surface area contributed by atoms with Crippen molar-refractivity contribution < 1.29 is 9.53 Å². The molecule has 0 aliphatic heterocycles. The van der Waals surface area contributed by atoms with Gasteiger partial charge in [-0.05, 0) is 42.7 Å². The summed E-state index contributed by atoms with van der Waals surface area (Å²) in [5.41, 5.74) is 2.49. The Morgan fingerprint density at radius 1 is 1.10 bits per heavy atom. The Morgan fingerprint density at radius 3 is 2.19 bits per heavy atom. The Bertz CT molecular complexity index is 1020. The number of nitrogens with one attached hydrogen (secondary N) is 1. The Morgan fingerprint density at radius 2 is 1.68 bits per heavy atom. The standard InChI is InChI=1S/C26H31ClN2O2/c1-15(2)17-8-10-18(11-9-17)22(30)29-23-25(4,5)24(26(23,6)7)31-20-13-12-19(14-28)21(27)16(20)3/h8-13,15,23-24H,1-7H3,(H,29,30)/t23-,24-. The van der Waals surface area contributed by atoms with E-state index >= 15 is 0 Å². The van der Waals surface area contributed by atoms with E-state index in [0.29, 0.717) is 27.8 Å². The van der Waals surface area contributed by atoms with Crippen molar-refractivity contribution in [3.63, 3.8) is 0 Å². The molecule has 2 aromatic carbocycles. The normalized spacial score (nSPS) is 21.2. The summed E-state index contributed by atoms with van der Waals surface area (Å²) in [6.07, 6.45) is -0.128. The van der Waals surface area contributed by atoms with Gasteiger partial charge < -0.3 is 10.1 Å². The number of rotatable bonds is 5. The van der Waals surface area contributed by atoms with E-state index in [1.807, 2.05) is 31.2 Å². The third-order valence-electron chi connectivity index (χ3n) is 6.66. The van der Waals surface area contributed by atoms with Gasteiger partial charge in [0.25, 0.3) is 5.91 Å². The molecule has 1 amide bonds. The third kappa shape index (κ3) is 4.04. The zero-order valence-corrected chi connectivity index (χ0v) is 20.1. The van der Waals surface area contributed by atoms with Crippen LogP contribution in [0.2, 0.25) is 5.02 Å². The molecule has 0 atom stereocenters. The van der Waals surface area contributed by atoms with E-state index in [2.05, 4.69) is 52.9 Å². The van der Waals surface area contributed by atoms with E-state index in [4.69, 9.17) is 16.3 Å². The second-order valence-corrected chi connectivity index (χ2v) is 10.4. The molecule has 0 aromatic heterocycles. The first kappa shape index (κ1) is 23.2. The lowest BCUT2D eigenvalue weighted by Gasteiger charge is -2.63. The Labute approximate surface area is 190 Å². The van der Waals surface area contributed by atoms with Crippen LogP contribution >= 0.6 is 11.6 Å². The molecule has 1 aliphatic carbocycles. The SMILES string of the molecule is Cc1c(O[C@H]2C(C)(C)[C@H](NC(=O)c3ccc(C(C)C)cc3)C2(C)C)ccc(C#N)c1Cl. The molecule has 0 unspecified atom stereocenters. The van der Waals surface area contributed by atoms with Crippen LogP contribution in [0.5, 0.6) is 5.75 Å². The van der Waals surface area contributed by atoms with Crippen molar-refractivity contribution in [3.05, 3.63) is 63.7 Å². The highest BCUT2D eigenvalue weighted by molar-refractivity contribution is 6.32. The minimum atomic E-state index is -0.288. The zero-order valence-electron chi connectivity index (χ0n) is 19.3. The molecule has 2 aromatic rings. The largest absolute Gasteiger partial charge is 0.489 e. The molecule has 0 spiro atoms. The van der Waals surface area contributed by atoms with Crippen LogP contribution in [0.3, 0.4) is 0 Å². The Hall–Kier alpha value is -2.51. The van der Waals surface area contributed by atoms with Crippen molar-refractivity contribution in [1.82, 2.24) is 5.32 Å². The van der Waals surface area contributed by atoms with Crippen LogP contribution in [-0.4, -0.2) is 18.1 Å². The maximum atomic E-state index is 12.9. The van der Waals surface area contributed by atoms with Crippen LogP contribution in [0.25, 0.3) is 0 Å². The Kier molecular flexibility index (Phi) is 6.13. The molecule has 0 heterocycles. The average Bonchev–Trinajstić information content (AvgIpc) is 2.72. The highest BCUT2D eigenvalue weighted by Gasteiger charge is 2.64. The molecule has 4 nitrogen and oxygen atoms in total. The quantitative estimate of drug-likeness (QED) is 0.599. The molecular weight excluding hydrogens is 408 g/mol. The molecule has 1 saturated carbocycles. The van der Waals surface area contributed by atoms with E-state index in [-0.39, 0.29) is 28.9 Å². The monoisotopic (exact) mass is 438 g/mol. The molecule has 0 bridgehead atoms. The number of hydrogen-bond donors (Lipinski definition) is 1. The molecule has 3 rings (SSSR count). The van der Waals surface area contributed by atoms with Gasteiger partial charge >= 0.3 is 0 Å². The lowest BCUT2D eigenvalue weighted by Crippen LogP contribution is -2.74. The first-order valence-electron chi connectivity index (χ1n) is 10.7. The number of ether oxygens (including phenoxy) is 1. The van der Waals surface area contributed by atoms with Gasteiger partial charge in [0.1, 0.15) is 17.9 Å². The number of nitrogens with zero attached hydrogens (tertiary/aromatic N) is 1. The van der Waals surface area contributed by atoms with Crippen LogP contribution in [0.15, 0.2) is 36.4 Å². The van der Waals surface area contributed by atoms with Crippen LogP contribution in [-0.2, 0) is 0 Å². The maximum Gasteiger partial charge on any atom is 0.251 e. The molecule has 1 aliphatic rings. The summed E-state index contributed by atoms with van der Waals surface area (Å²) in [7, 11) is 0. The van der Waals surface area contributed by atoms with Gasteiger partial charge in [-0.1, -0.05) is 65.3 Å². The smallest absolute Gasteiger partial charge is 0.251 e. The predicted octanol–water partition coefficient (Wildman–Crippen LogP) is 6.26. The summed E-state index contributed by atoms with van der Waals surface area (Å²) in [5, 5.41) is 12.8. The predicted molar refractivity (Wildman–Crippen MR) is 125 cm³/mol. The van der Waals surface area contributed by atoms with Crippen molar-refractivity contribution in [2.75, 3.05) is 0 Å².